The Morgan fingerprint density at radius 1 is 1.54 bits per heavy atom. The van der Waals surface area contributed by atoms with Gasteiger partial charge in [-0.25, -0.2) is 9.59 Å². The number of carbonyl (C=O) groups is 2. The minimum Gasteiger partial charge on any atom is -0.458 e. The molecule has 1 aliphatic carbocycles. The summed E-state index contributed by atoms with van der Waals surface area (Å²) in [5.41, 5.74) is 1.40. The van der Waals surface area contributed by atoms with Crippen LogP contribution in [0.25, 0.3) is 0 Å². The molecule has 0 aromatic heterocycles. The topological polar surface area (TPSA) is 85.4 Å². The first kappa shape index (κ1) is 18.9. The van der Waals surface area contributed by atoms with Gasteiger partial charge in [-0.3, -0.25) is 0 Å². The monoisotopic (exact) mass is 362 g/mol. The van der Waals surface area contributed by atoms with Crippen LogP contribution in [0.4, 0.5) is 0 Å². The molecule has 2 saturated heterocycles. The first-order chi connectivity index (χ1) is 12.3. The lowest BCUT2D eigenvalue weighted by Gasteiger charge is -2.28. The number of aliphatic hydroxyl groups excluding tert-OH is 1. The van der Waals surface area contributed by atoms with E-state index in [0.29, 0.717) is 17.6 Å². The maximum Gasteiger partial charge on any atom is 0.334 e. The van der Waals surface area contributed by atoms with Gasteiger partial charge in [-0.05, 0) is 39.7 Å². The number of rotatable bonds is 3. The van der Waals surface area contributed by atoms with Crippen molar-refractivity contribution < 1.29 is 28.9 Å². The largest absolute Gasteiger partial charge is 0.458 e. The average molecular weight is 362 g/mol. The van der Waals surface area contributed by atoms with E-state index in [0.717, 1.165) is 18.4 Å². The predicted molar refractivity (Wildman–Crippen MR) is 94.1 cm³/mol. The lowest BCUT2D eigenvalue weighted by Crippen LogP contribution is -2.38. The van der Waals surface area contributed by atoms with E-state index in [1.807, 2.05) is 13.8 Å². The fourth-order valence-electron chi connectivity index (χ4n) is 3.86. The number of allylic oxidation sites excluding steroid dienone is 1. The van der Waals surface area contributed by atoms with Crippen LogP contribution >= 0.6 is 0 Å². The van der Waals surface area contributed by atoms with E-state index < -0.39 is 30.1 Å². The Morgan fingerprint density at radius 2 is 2.27 bits per heavy atom. The van der Waals surface area contributed by atoms with Crippen molar-refractivity contribution in [1.82, 2.24) is 0 Å². The fourth-order valence-corrected chi connectivity index (χ4v) is 3.86. The molecule has 0 aromatic carbocycles. The van der Waals surface area contributed by atoms with Gasteiger partial charge in [0.05, 0.1) is 18.1 Å². The highest BCUT2D eigenvalue weighted by Crippen LogP contribution is 2.50. The van der Waals surface area contributed by atoms with E-state index in [9.17, 15) is 9.59 Å². The highest BCUT2D eigenvalue weighted by atomic mass is 16.6. The number of esters is 2. The van der Waals surface area contributed by atoms with Gasteiger partial charge in [0.1, 0.15) is 18.3 Å². The molecule has 0 spiro atoms. The number of hydrogen-bond acceptors (Lipinski definition) is 6. The summed E-state index contributed by atoms with van der Waals surface area (Å²) in [6.45, 7) is 9.25. The van der Waals surface area contributed by atoms with Crippen molar-refractivity contribution in [3.63, 3.8) is 0 Å². The summed E-state index contributed by atoms with van der Waals surface area (Å²) < 4.78 is 17.2. The lowest BCUT2D eigenvalue weighted by molar-refractivity contribution is -0.148. The van der Waals surface area contributed by atoms with Crippen LogP contribution in [0, 0.1) is 5.92 Å². The van der Waals surface area contributed by atoms with E-state index in [1.54, 1.807) is 6.92 Å². The molecule has 0 bridgehead atoms. The molecule has 26 heavy (non-hydrogen) atoms. The van der Waals surface area contributed by atoms with Crippen LogP contribution in [-0.4, -0.2) is 47.6 Å². The molecule has 2 fully saturated rings. The van der Waals surface area contributed by atoms with Crippen molar-refractivity contribution in [2.24, 2.45) is 5.92 Å². The van der Waals surface area contributed by atoms with E-state index in [-0.39, 0.29) is 18.3 Å². The van der Waals surface area contributed by atoms with Crippen LogP contribution in [-0.2, 0) is 23.8 Å². The van der Waals surface area contributed by atoms with E-state index in [2.05, 4.69) is 12.7 Å². The van der Waals surface area contributed by atoms with Crippen LogP contribution < -0.4 is 0 Å². The van der Waals surface area contributed by atoms with Gasteiger partial charge in [0, 0.05) is 17.6 Å². The van der Waals surface area contributed by atoms with E-state index in [1.165, 1.54) is 6.08 Å². The number of ether oxygens (including phenoxy) is 3. The third-order valence-electron chi connectivity index (χ3n) is 5.54. The van der Waals surface area contributed by atoms with Crippen molar-refractivity contribution in [3.05, 3.63) is 35.5 Å². The molecule has 142 valence electrons. The number of fused-ring (bicyclic) bond motifs is 3. The minimum atomic E-state index is -0.573. The van der Waals surface area contributed by atoms with Gasteiger partial charge in [0.2, 0.25) is 0 Å². The first-order valence-electron chi connectivity index (χ1n) is 8.98. The van der Waals surface area contributed by atoms with Gasteiger partial charge < -0.3 is 19.3 Å². The molecule has 0 radical (unpaired) electrons. The fraction of sp³-hybridized carbons (Fsp3) is 0.600. The van der Waals surface area contributed by atoms with E-state index in [4.69, 9.17) is 19.3 Å². The summed E-state index contributed by atoms with van der Waals surface area (Å²) in [6.07, 6.45) is 4.45. The van der Waals surface area contributed by atoms with Gasteiger partial charge in [-0.15, -0.1) is 0 Å². The summed E-state index contributed by atoms with van der Waals surface area (Å²) >= 11 is 0. The Labute approximate surface area is 153 Å². The molecule has 3 aliphatic rings. The van der Waals surface area contributed by atoms with Crippen molar-refractivity contribution in [2.45, 2.75) is 63.9 Å². The molecule has 6 heteroatoms. The smallest absolute Gasteiger partial charge is 0.334 e. The number of carbonyl (C=O) groups excluding carboxylic acids is 2. The molecule has 5 atom stereocenters. The van der Waals surface area contributed by atoms with Crippen LogP contribution in [0.3, 0.4) is 0 Å². The van der Waals surface area contributed by atoms with Crippen molar-refractivity contribution in [3.8, 4) is 0 Å². The quantitative estimate of drug-likeness (QED) is 0.359. The molecule has 1 N–H and O–H groups in total. The maximum absolute atomic E-state index is 12.4. The third-order valence-corrected chi connectivity index (χ3v) is 5.54. The van der Waals surface area contributed by atoms with Crippen LogP contribution in [0.2, 0.25) is 0 Å². The van der Waals surface area contributed by atoms with Crippen LogP contribution in [0.5, 0.6) is 0 Å². The molecule has 6 nitrogen and oxygen atoms in total. The Balaban J connectivity index is 1.92. The zero-order valence-electron chi connectivity index (χ0n) is 15.5. The molecule has 0 saturated carbocycles. The highest BCUT2D eigenvalue weighted by Gasteiger charge is 2.63. The molecular formula is C20H26O6. The predicted octanol–water partition coefficient (Wildman–Crippen LogP) is 2.22. The molecular weight excluding hydrogens is 336 g/mol. The summed E-state index contributed by atoms with van der Waals surface area (Å²) in [5, 5.41) is 8.99. The Hall–Kier alpha value is -1.92. The van der Waals surface area contributed by atoms with E-state index >= 15 is 0 Å². The standard InChI is InChI=1S/C20H26O6/c1-11-6-5-8-20(4)17(26-20)16-15(13(3)19(23)25-16)14(10-11)24-18(22)12(2)7-9-21/h6-7,14-17,21H,3,5,8-10H2,1-2,4H3/b11-6+,12-7+/t14-,15+,16+,17+,20-/m1/s1. The van der Waals surface area contributed by atoms with Gasteiger partial charge in [0.25, 0.3) is 0 Å². The SMILES string of the molecule is C=C1C(=O)O[C@H]2[C@@H]1[C@H](OC(=O)/C(C)=C/CO)C/C(C)=C/CC[C@@]1(C)O[C@@H]21. The van der Waals surface area contributed by atoms with Crippen molar-refractivity contribution >= 4 is 11.9 Å². The number of aliphatic hydroxyl groups is 1. The second-order valence-electron chi connectivity index (χ2n) is 7.58. The van der Waals surface area contributed by atoms with Crippen LogP contribution in [0.15, 0.2) is 35.5 Å². The Morgan fingerprint density at radius 3 is 2.96 bits per heavy atom. The van der Waals surface area contributed by atoms with Gasteiger partial charge in [-0.1, -0.05) is 18.2 Å². The molecule has 2 heterocycles. The third kappa shape index (κ3) is 3.48. The zero-order valence-corrected chi connectivity index (χ0v) is 15.5. The lowest BCUT2D eigenvalue weighted by atomic mass is 9.82. The second kappa shape index (κ2) is 7.00. The first-order valence-corrected chi connectivity index (χ1v) is 8.98. The Kier molecular flexibility index (Phi) is 5.08. The van der Waals surface area contributed by atoms with Gasteiger partial charge in [-0.2, -0.15) is 0 Å². The number of epoxide rings is 1. The van der Waals surface area contributed by atoms with Gasteiger partial charge in [0.15, 0.2) is 0 Å². The summed E-state index contributed by atoms with van der Waals surface area (Å²) in [6, 6.07) is 0. The van der Waals surface area contributed by atoms with Gasteiger partial charge >= 0.3 is 11.9 Å². The molecule has 3 rings (SSSR count). The van der Waals surface area contributed by atoms with Crippen molar-refractivity contribution in [2.75, 3.05) is 6.61 Å². The minimum absolute atomic E-state index is 0.210. The maximum atomic E-state index is 12.4. The molecule has 0 aromatic rings. The summed E-state index contributed by atoms with van der Waals surface area (Å²) in [4.78, 5) is 24.6. The zero-order chi connectivity index (χ0) is 19.1. The van der Waals surface area contributed by atoms with Crippen LogP contribution in [0.1, 0.15) is 40.0 Å². The summed E-state index contributed by atoms with van der Waals surface area (Å²) in [5.74, 6) is -1.41. The highest BCUT2D eigenvalue weighted by molar-refractivity contribution is 5.91. The summed E-state index contributed by atoms with van der Waals surface area (Å²) in [7, 11) is 0. The average Bonchev–Trinajstić information content (AvgIpc) is 3.15. The normalized spacial score (nSPS) is 39.2. The number of hydrogen-bond donors (Lipinski definition) is 1. The molecule has 2 aliphatic heterocycles. The molecule has 0 amide bonds. The molecule has 0 unspecified atom stereocenters. The second-order valence-corrected chi connectivity index (χ2v) is 7.58. The van der Waals surface area contributed by atoms with Crippen molar-refractivity contribution in [1.29, 1.82) is 0 Å². The Bertz CT molecular complexity index is 690.